The van der Waals surface area contributed by atoms with E-state index in [4.69, 9.17) is 0 Å². The van der Waals surface area contributed by atoms with Gasteiger partial charge in [-0.1, -0.05) is 48.5 Å². The number of benzene rings is 2. The van der Waals surface area contributed by atoms with Crippen molar-refractivity contribution in [3.8, 4) is 0 Å². The molecule has 25 heavy (non-hydrogen) atoms. The number of nitrogens with zero attached hydrogens (tertiary/aromatic N) is 1. The predicted molar refractivity (Wildman–Crippen MR) is 96.7 cm³/mol. The Kier molecular flexibility index (Phi) is 6.95. The zero-order chi connectivity index (χ0) is 18.2. The van der Waals surface area contributed by atoms with E-state index in [1.54, 1.807) is 32.2 Å². The van der Waals surface area contributed by atoms with Crippen LogP contribution in [0.2, 0.25) is 0 Å². The van der Waals surface area contributed by atoms with Gasteiger partial charge in [0.25, 0.3) is 0 Å². The topological polar surface area (TPSA) is 52.6 Å². The second-order valence-electron chi connectivity index (χ2n) is 6.33. The maximum absolute atomic E-state index is 13.7. The molecule has 0 aliphatic carbocycles. The first kappa shape index (κ1) is 18.9. The number of urea groups is 1. The highest BCUT2D eigenvalue weighted by molar-refractivity contribution is 5.73. The van der Waals surface area contributed by atoms with Crippen molar-refractivity contribution in [2.24, 2.45) is 0 Å². The molecule has 2 amide bonds. The van der Waals surface area contributed by atoms with Crippen molar-refractivity contribution in [1.82, 2.24) is 10.2 Å². The lowest BCUT2D eigenvalue weighted by Crippen LogP contribution is -2.39. The number of nitrogens with one attached hydrogen (secondary N) is 1. The van der Waals surface area contributed by atoms with Crippen molar-refractivity contribution >= 4 is 6.03 Å². The second kappa shape index (κ2) is 9.18. The molecule has 0 saturated carbocycles. The minimum absolute atomic E-state index is 0.0204. The minimum Gasteiger partial charge on any atom is -0.393 e. The van der Waals surface area contributed by atoms with Crippen LogP contribution in [0.5, 0.6) is 0 Å². The molecule has 0 aliphatic heterocycles. The molecule has 0 saturated heterocycles. The number of hydrogen-bond acceptors (Lipinski definition) is 2. The van der Waals surface area contributed by atoms with Crippen LogP contribution in [0.15, 0.2) is 54.6 Å². The highest BCUT2D eigenvalue weighted by Gasteiger charge is 2.17. The average Bonchev–Trinajstić information content (AvgIpc) is 2.60. The van der Waals surface area contributed by atoms with E-state index in [0.29, 0.717) is 18.5 Å². The normalized spacial score (nSPS) is 13.1. The van der Waals surface area contributed by atoms with Crippen molar-refractivity contribution in [3.05, 3.63) is 71.5 Å². The van der Waals surface area contributed by atoms with Gasteiger partial charge in [-0.05, 0) is 25.0 Å². The summed E-state index contributed by atoms with van der Waals surface area (Å²) in [5.41, 5.74) is 1.55. The number of amides is 2. The molecule has 2 aromatic rings. The fourth-order valence-electron chi connectivity index (χ4n) is 2.77. The Bertz CT molecular complexity index is 676. The summed E-state index contributed by atoms with van der Waals surface area (Å²) in [6, 6.07) is 15.9. The van der Waals surface area contributed by atoms with Gasteiger partial charge < -0.3 is 15.3 Å². The Morgan fingerprint density at radius 2 is 1.80 bits per heavy atom. The van der Waals surface area contributed by atoms with Crippen LogP contribution in [0.4, 0.5) is 9.18 Å². The molecule has 0 radical (unpaired) electrons. The SMILES string of the molecule is CC(O)CC(CNC(=O)N(C)Cc1ccccc1F)c1ccccc1. The lowest BCUT2D eigenvalue weighted by Gasteiger charge is -2.23. The van der Waals surface area contributed by atoms with Gasteiger partial charge in [0.1, 0.15) is 5.82 Å². The molecule has 134 valence electrons. The minimum atomic E-state index is -0.460. The number of aliphatic hydroxyl groups is 1. The molecule has 5 heteroatoms. The summed E-state index contributed by atoms with van der Waals surface area (Å²) >= 11 is 0. The molecule has 0 fully saturated rings. The van der Waals surface area contributed by atoms with E-state index in [1.807, 2.05) is 30.3 Å². The van der Waals surface area contributed by atoms with Crippen molar-refractivity contribution < 1.29 is 14.3 Å². The van der Waals surface area contributed by atoms with E-state index in [0.717, 1.165) is 5.56 Å². The molecule has 2 rings (SSSR count). The Morgan fingerprint density at radius 3 is 2.44 bits per heavy atom. The average molecular weight is 344 g/mol. The Morgan fingerprint density at radius 1 is 1.16 bits per heavy atom. The molecule has 0 heterocycles. The van der Waals surface area contributed by atoms with Gasteiger partial charge in [-0.15, -0.1) is 0 Å². The first-order valence-electron chi connectivity index (χ1n) is 8.42. The van der Waals surface area contributed by atoms with E-state index in [1.165, 1.54) is 11.0 Å². The highest BCUT2D eigenvalue weighted by atomic mass is 19.1. The molecule has 0 bridgehead atoms. The van der Waals surface area contributed by atoms with Gasteiger partial charge in [-0.3, -0.25) is 0 Å². The number of carbonyl (C=O) groups is 1. The second-order valence-corrected chi connectivity index (χ2v) is 6.33. The molecular formula is C20H25FN2O2. The lowest BCUT2D eigenvalue weighted by atomic mass is 9.93. The van der Waals surface area contributed by atoms with Crippen molar-refractivity contribution in [2.75, 3.05) is 13.6 Å². The molecule has 0 aliphatic rings. The van der Waals surface area contributed by atoms with Crippen molar-refractivity contribution in [1.29, 1.82) is 0 Å². The van der Waals surface area contributed by atoms with Crippen molar-refractivity contribution in [2.45, 2.75) is 31.9 Å². The van der Waals surface area contributed by atoms with Gasteiger partial charge in [0.15, 0.2) is 0 Å². The number of aliphatic hydroxyl groups excluding tert-OH is 1. The molecule has 2 atom stereocenters. The van der Waals surface area contributed by atoms with Gasteiger partial charge in [0.2, 0.25) is 0 Å². The number of carbonyl (C=O) groups excluding carboxylic acids is 1. The van der Waals surface area contributed by atoms with Gasteiger partial charge >= 0.3 is 6.03 Å². The fourth-order valence-corrected chi connectivity index (χ4v) is 2.77. The standard InChI is InChI=1S/C20H25FN2O2/c1-15(24)12-18(16-8-4-3-5-9-16)13-22-20(25)23(2)14-17-10-6-7-11-19(17)21/h3-11,15,18,24H,12-14H2,1-2H3,(H,22,25). The van der Waals surface area contributed by atoms with Gasteiger partial charge in [-0.25, -0.2) is 9.18 Å². The lowest BCUT2D eigenvalue weighted by molar-refractivity contribution is 0.171. The molecule has 2 unspecified atom stereocenters. The Balaban J connectivity index is 1.95. The van der Waals surface area contributed by atoms with Crippen molar-refractivity contribution in [3.63, 3.8) is 0 Å². The maximum atomic E-state index is 13.7. The molecule has 0 aromatic heterocycles. The summed E-state index contributed by atoms with van der Waals surface area (Å²) in [6.45, 7) is 2.35. The summed E-state index contributed by atoms with van der Waals surface area (Å²) in [5, 5.41) is 12.6. The third kappa shape index (κ3) is 5.87. The van der Waals surface area contributed by atoms with Gasteiger partial charge in [-0.2, -0.15) is 0 Å². The van der Waals surface area contributed by atoms with Crippen LogP contribution in [0.1, 0.15) is 30.4 Å². The number of halogens is 1. The number of hydrogen-bond donors (Lipinski definition) is 2. The first-order chi connectivity index (χ1) is 12.0. The third-order valence-corrected chi connectivity index (χ3v) is 4.11. The summed E-state index contributed by atoms with van der Waals surface area (Å²) in [5.74, 6) is -0.301. The largest absolute Gasteiger partial charge is 0.393 e. The molecule has 4 nitrogen and oxygen atoms in total. The van der Waals surface area contributed by atoms with E-state index < -0.39 is 6.10 Å². The highest BCUT2D eigenvalue weighted by Crippen LogP contribution is 2.20. The molecular weight excluding hydrogens is 319 g/mol. The quantitative estimate of drug-likeness (QED) is 0.807. The summed E-state index contributed by atoms with van der Waals surface area (Å²) in [6.07, 6.45) is 0.0969. The zero-order valence-corrected chi connectivity index (χ0v) is 14.7. The Labute approximate surface area is 148 Å². The fraction of sp³-hybridized carbons (Fsp3) is 0.350. The van der Waals surface area contributed by atoms with E-state index in [2.05, 4.69) is 5.32 Å². The van der Waals surface area contributed by atoms with E-state index in [-0.39, 0.29) is 24.3 Å². The van der Waals surface area contributed by atoms with Crippen LogP contribution in [-0.2, 0) is 6.54 Å². The number of rotatable bonds is 7. The van der Waals surface area contributed by atoms with Crippen LogP contribution in [0.25, 0.3) is 0 Å². The summed E-state index contributed by atoms with van der Waals surface area (Å²) < 4.78 is 13.7. The van der Waals surface area contributed by atoms with E-state index in [9.17, 15) is 14.3 Å². The van der Waals surface area contributed by atoms with Crippen LogP contribution >= 0.6 is 0 Å². The monoisotopic (exact) mass is 344 g/mol. The summed E-state index contributed by atoms with van der Waals surface area (Å²) in [4.78, 5) is 13.8. The maximum Gasteiger partial charge on any atom is 0.317 e. The molecule has 2 N–H and O–H groups in total. The smallest absolute Gasteiger partial charge is 0.317 e. The third-order valence-electron chi connectivity index (χ3n) is 4.11. The molecule has 2 aromatic carbocycles. The first-order valence-corrected chi connectivity index (χ1v) is 8.42. The van der Waals surface area contributed by atoms with Crippen LogP contribution in [0, 0.1) is 5.82 Å². The molecule has 0 spiro atoms. The van der Waals surface area contributed by atoms with Gasteiger partial charge in [0, 0.05) is 31.6 Å². The van der Waals surface area contributed by atoms with Crippen LogP contribution in [0.3, 0.4) is 0 Å². The van der Waals surface area contributed by atoms with Crippen LogP contribution < -0.4 is 5.32 Å². The predicted octanol–water partition coefficient (Wildman–Crippen LogP) is 3.52. The van der Waals surface area contributed by atoms with Gasteiger partial charge in [0.05, 0.1) is 6.10 Å². The summed E-state index contributed by atoms with van der Waals surface area (Å²) in [7, 11) is 1.63. The Hall–Kier alpha value is -2.40. The van der Waals surface area contributed by atoms with Crippen LogP contribution in [-0.4, -0.2) is 35.7 Å². The van der Waals surface area contributed by atoms with E-state index >= 15 is 0 Å². The zero-order valence-electron chi connectivity index (χ0n) is 14.7.